The number of pyridine rings is 1. The van der Waals surface area contributed by atoms with E-state index in [1.807, 2.05) is 0 Å². The lowest BCUT2D eigenvalue weighted by Crippen LogP contribution is -2.46. The van der Waals surface area contributed by atoms with Crippen LogP contribution in [-0.2, 0) is 14.3 Å². The number of carbonyl (C=O) groups is 2. The smallest absolute Gasteiger partial charge is 0.475 e. The number of halogens is 4. The van der Waals surface area contributed by atoms with Crippen molar-refractivity contribution in [1.29, 1.82) is 0 Å². The predicted molar refractivity (Wildman–Crippen MR) is 98.8 cm³/mol. The van der Waals surface area contributed by atoms with E-state index in [4.69, 9.17) is 19.4 Å². The molecule has 1 unspecified atom stereocenters. The fourth-order valence-corrected chi connectivity index (χ4v) is 3.73. The van der Waals surface area contributed by atoms with Crippen LogP contribution in [0.25, 0.3) is 0 Å². The van der Waals surface area contributed by atoms with Gasteiger partial charge in [-0.2, -0.15) is 13.2 Å². The number of nitrogens with zero attached hydrogens (tertiary/aromatic N) is 2. The minimum atomic E-state index is -5.08. The Labute approximate surface area is 176 Å². The van der Waals surface area contributed by atoms with Crippen molar-refractivity contribution in [1.82, 2.24) is 9.88 Å². The molecular formula is C20H24F4N2O5. The average Bonchev–Trinajstić information content (AvgIpc) is 3.44. The standard InChI is InChI=1S/C18H23FN2O3.C2HF3O2/c19-15-9-20-7-5-14(15)18(22)21-8-6-17-16(21)4-3-13(24-17)11-23-10-12-1-2-12;3-2(4,5)1(6)7/h5,7,9,12-13,16-17H,1-4,6,8,10-11H2;(H,6,7)/t13?,16-,17-;/m0./s1. The van der Waals surface area contributed by atoms with Crippen LogP contribution in [0.4, 0.5) is 17.6 Å². The molecule has 0 bridgehead atoms. The topological polar surface area (TPSA) is 89.0 Å². The van der Waals surface area contributed by atoms with E-state index in [1.54, 1.807) is 4.90 Å². The van der Waals surface area contributed by atoms with Crippen LogP contribution in [0.1, 0.15) is 42.5 Å². The molecule has 172 valence electrons. The van der Waals surface area contributed by atoms with E-state index >= 15 is 0 Å². The molecule has 1 aromatic rings. The van der Waals surface area contributed by atoms with Gasteiger partial charge in [0.1, 0.15) is 0 Å². The molecule has 1 aliphatic carbocycles. The Bertz CT molecular complexity index is 787. The summed E-state index contributed by atoms with van der Waals surface area (Å²) in [5.74, 6) is -2.81. The number of amides is 1. The maximum Gasteiger partial charge on any atom is 0.490 e. The van der Waals surface area contributed by atoms with Crippen molar-refractivity contribution in [3.05, 3.63) is 29.8 Å². The van der Waals surface area contributed by atoms with E-state index < -0.39 is 18.0 Å². The average molecular weight is 448 g/mol. The third-order valence-electron chi connectivity index (χ3n) is 5.50. The van der Waals surface area contributed by atoms with Crippen molar-refractivity contribution in [2.75, 3.05) is 19.8 Å². The van der Waals surface area contributed by atoms with Gasteiger partial charge >= 0.3 is 12.1 Å². The van der Waals surface area contributed by atoms with Gasteiger partial charge in [-0.3, -0.25) is 9.78 Å². The van der Waals surface area contributed by atoms with E-state index in [1.165, 1.54) is 25.1 Å². The molecule has 3 heterocycles. The van der Waals surface area contributed by atoms with Crippen molar-refractivity contribution in [2.24, 2.45) is 5.92 Å². The Morgan fingerprint density at radius 1 is 1.19 bits per heavy atom. The minimum absolute atomic E-state index is 0.0436. The van der Waals surface area contributed by atoms with Crippen molar-refractivity contribution >= 4 is 11.9 Å². The first-order valence-corrected chi connectivity index (χ1v) is 10.1. The number of ether oxygens (including phenoxy) is 2. The van der Waals surface area contributed by atoms with Crippen LogP contribution in [0.3, 0.4) is 0 Å². The summed E-state index contributed by atoms with van der Waals surface area (Å²) in [5, 5.41) is 7.12. The second-order valence-corrected chi connectivity index (χ2v) is 7.87. The van der Waals surface area contributed by atoms with Crippen LogP contribution < -0.4 is 0 Å². The van der Waals surface area contributed by atoms with Crippen LogP contribution in [0, 0.1) is 11.7 Å². The lowest BCUT2D eigenvalue weighted by Gasteiger charge is -2.36. The first-order chi connectivity index (χ1) is 14.7. The fraction of sp³-hybridized carbons (Fsp3) is 0.650. The van der Waals surface area contributed by atoms with Gasteiger partial charge in [-0.1, -0.05) is 0 Å². The zero-order valence-electron chi connectivity index (χ0n) is 16.7. The van der Waals surface area contributed by atoms with E-state index in [2.05, 4.69) is 4.98 Å². The number of rotatable bonds is 5. The van der Waals surface area contributed by atoms with Crippen LogP contribution >= 0.6 is 0 Å². The number of likely N-dealkylation sites (tertiary alicyclic amines) is 1. The third-order valence-corrected chi connectivity index (χ3v) is 5.50. The summed E-state index contributed by atoms with van der Waals surface area (Å²) in [6, 6.07) is 1.49. The molecule has 3 atom stereocenters. The summed E-state index contributed by atoms with van der Waals surface area (Å²) >= 11 is 0. The highest BCUT2D eigenvalue weighted by atomic mass is 19.4. The van der Waals surface area contributed by atoms with Gasteiger partial charge in [-0.25, -0.2) is 9.18 Å². The van der Waals surface area contributed by atoms with Gasteiger partial charge in [0.15, 0.2) is 5.82 Å². The van der Waals surface area contributed by atoms with Gasteiger partial charge in [0.2, 0.25) is 0 Å². The molecule has 2 aliphatic heterocycles. The molecule has 0 radical (unpaired) electrons. The van der Waals surface area contributed by atoms with Crippen molar-refractivity contribution in [2.45, 2.75) is 56.5 Å². The van der Waals surface area contributed by atoms with Crippen LogP contribution in [0.15, 0.2) is 18.5 Å². The van der Waals surface area contributed by atoms with E-state index in [9.17, 15) is 22.4 Å². The lowest BCUT2D eigenvalue weighted by molar-refractivity contribution is -0.192. The second kappa shape index (κ2) is 9.90. The molecule has 1 amide bonds. The van der Waals surface area contributed by atoms with Gasteiger partial charge < -0.3 is 19.5 Å². The van der Waals surface area contributed by atoms with Crippen LogP contribution in [0.2, 0.25) is 0 Å². The summed E-state index contributed by atoms with van der Waals surface area (Å²) in [6.07, 6.45) is 2.79. The maximum absolute atomic E-state index is 13.8. The van der Waals surface area contributed by atoms with Crippen molar-refractivity contribution in [3.8, 4) is 0 Å². The summed E-state index contributed by atoms with van der Waals surface area (Å²) in [7, 11) is 0. The van der Waals surface area contributed by atoms with Crippen molar-refractivity contribution < 1.29 is 41.7 Å². The molecule has 31 heavy (non-hydrogen) atoms. The van der Waals surface area contributed by atoms with Gasteiger partial charge in [0.25, 0.3) is 5.91 Å². The first kappa shape index (κ1) is 23.4. The Kier molecular flexibility index (Phi) is 7.47. The first-order valence-electron chi connectivity index (χ1n) is 10.1. The molecule has 0 aromatic carbocycles. The van der Waals surface area contributed by atoms with Gasteiger partial charge in [0, 0.05) is 19.3 Å². The highest BCUT2D eigenvalue weighted by molar-refractivity contribution is 5.94. The third kappa shape index (κ3) is 6.36. The Morgan fingerprint density at radius 3 is 2.52 bits per heavy atom. The Balaban J connectivity index is 0.000000339. The molecule has 1 N–H and O–H groups in total. The Morgan fingerprint density at radius 2 is 1.90 bits per heavy atom. The molecule has 2 saturated heterocycles. The zero-order chi connectivity index (χ0) is 22.6. The fourth-order valence-electron chi connectivity index (χ4n) is 3.73. The number of carbonyl (C=O) groups excluding carboxylic acids is 1. The molecular weight excluding hydrogens is 424 g/mol. The number of hydrogen-bond donors (Lipinski definition) is 1. The normalized spacial score (nSPS) is 25.4. The summed E-state index contributed by atoms with van der Waals surface area (Å²) < 4.78 is 57.4. The summed E-state index contributed by atoms with van der Waals surface area (Å²) in [6.45, 7) is 2.11. The van der Waals surface area contributed by atoms with Crippen LogP contribution in [-0.4, -0.2) is 71.1 Å². The number of fused-ring (bicyclic) bond motifs is 1. The zero-order valence-corrected chi connectivity index (χ0v) is 16.7. The minimum Gasteiger partial charge on any atom is -0.475 e. The monoisotopic (exact) mass is 448 g/mol. The summed E-state index contributed by atoms with van der Waals surface area (Å²) in [5.41, 5.74) is 0.0977. The maximum atomic E-state index is 13.8. The summed E-state index contributed by atoms with van der Waals surface area (Å²) in [4.78, 5) is 27.0. The van der Waals surface area contributed by atoms with E-state index in [-0.39, 0.29) is 29.7 Å². The molecule has 4 rings (SSSR count). The molecule has 0 spiro atoms. The predicted octanol–water partition coefficient (Wildman–Crippen LogP) is 3.04. The quantitative estimate of drug-likeness (QED) is 0.697. The number of carboxylic acid groups (broad SMARTS) is 1. The largest absolute Gasteiger partial charge is 0.490 e. The molecule has 1 saturated carbocycles. The van der Waals surface area contributed by atoms with Gasteiger partial charge in [-0.15, -0.1) is 0 Å². The number of carboxylic acids is 1. The van der Waals surface area contributed by atoms with Gasteiger partial charge in [-0.05, 0) is 44.1 Å². The highest BCUT2D eigenvalue weighted by Gasteiger charge is 2.42. The second-order valence-electron chi connectivity index (χ2n) is 7.87. The molecule has 11 heteroatoms. The van der Waals surface area contributed by atoms with E-state index in [0.717, 1.165) is 38.0 Å². The lowest BCUT2D eigenvalue weighted by atomic mass is 9.99. The molecule has 3 aliphatic rings. The van der Waals surface area contributed by atoms with Crippen LogP contribution in [0.5, 0.6) is 0 Å². The number of aliphatic carboxylic acids is 1. The van der Waals surface area contributed by atoms with Crippen molar-refractivity contribution in [3.63, 3.8) is 0 Å². The molecule has 1 aromatic heterocycles. The number of aromatic nitrogens is 1. The Hall–Kier alpha value is -2.27. The highest BCUT2D eigenvalue weighted by Crippen LogP contribution is 2.33. The van der Waals surface area contributed by atoms with Gasteiger partial charge in [0.05, 0.1) is 36.6 Å². The number of hydrogen-bond acceptors (Lipinski definition) is 5. The molecule has 7 nitrogen and oxygen atoms in total. The molecule has 3 fully saturated rings. The number of alkyl halides is 3. The SMILES string of the molecule is O=C(O)C(F)(F)F.O=C(c1ccncc1F)N1CC[C@@H]2OC(COCC3CC3)CC[C@@H]21. The van der Waals surface area contributed by atoms with E-state index in [0.29, 0.717) is 13.2 Å².